The zero-order chi connectivity index (χ0) is 25.3. The number of ether oxygens (including phenoxy) is 2. The summed E-state index contributed by atoms with van der Waals surface area (Å²) in [6.45, 7) is 4.75. The average molecular weight is 495 g/mol. The third kappa shape index (κ3) is 7.21. The molecule has 0 saturated carbocycles. The summed E-state index contributed by atoms with van der Waals surface area (Å²) in [6.07, 6.45) is 3.54. The van der Waals surface area contributed by atoms with Gasteiger partial charge in [-0.05, 0) is 56.5 Å². The maximum Gasteiger partial charge on any atom is 0.238 e. The molecule has 36 heavy (non-hydrogen) atoms. The van der Waals surface area contributed by atoms with Crippen molar-refractivity contribution in [2.45, 2.75) is 38.3 Å². The number of methoxy groups -OCH3 is 2. The van der Waals surface area contributed by atoms with E-state index in [9.17, 15) is 9.59 Å². The number of piperidine rings is 2. The lowest BCUT2D eigenvalue weighted by Gasteiger charge is -2.35. The number of likely N-dealkylation sites (tertiary alicyclic amines) is 2. The first-order valence-electron chi connectivity index (χ1n) is 12.8. The van der Waals surface area contributed by atoms with Crippen LogP contribution in [0.1, 0.15) is 31.2 Å². The molecule has 2 aliphatic heterocycles. The molecule has 2 N–H and O–H groups in total. The zero-order valence-corrected chi connectivity index (χ0v) is 21.4. The number of nitrogens with zero attached hydrogens (tertiary/aromatic N) is 2. The van der Waals surface area contributed by atoms with E-state index in [0.717, 1.165) is 58.4 Å². The molecule has 2 aliphatic rings. The van der Waals surface area contributed by atoms with E-state index in [1.807, 2.05) is 6.07 Å². The number of hydrogen-bond donors (Lipinski definition) is 2. The lowest BCUT2D eigenvalue weighted by atomic mass is 9.94. The molecule has 0 aliphatic carbocycles. The van der Waals surface area contributed by atoms with Gasteiger partial charge in [-0.25, -0.2) is 0 Å². The minimum absolute atomic E-state index is 0.0216. The van der Waals surface area contributed by atoms with E-state index >= 15 is 0 Å². The number of amides is 2. The van der Waals surface area contributed by atoms with Gasteiger partial charge in [0, 0.05) is 37.7 Å². The minimum atomic E-state index is -0.0939. The van der Waals surface area contributed by atoms with Crippen molar-refractivity contribution in [2.24, 2.45) is 5.92 Å². The van der Waals surface area contributed by atoms with Gasteiger partial charge < -0.3 is 20.1 Å². The van der Waals surface area contributed by atoms with Gasteiger partial charge in [0.25, 0.3) is 0 Å². The molecule has 2 saturated heterocycles. The van der Waals surface area contributed by atoms with Gasteiger partial charge in [-0.2, -0.15) is 0 Å². The fourth-order valence-corrected chi connectivity index (χ4v) is 5.04. The van der Waals surface area contributed by atoms with Gasteiger partial charge in [-0.1, -0.05) is 30.3 Å². The number of benzene rings is 2. The summed E-state index contributed by atoms with van der Waals surface area (Å²) in [7, 11) is 3.15. The molecule has 0 bridgehead atoms. The molecular formula is C28H38N4O4. The van der Waals surface area contributed by atoms with E-state index < -0.39 is 0 Å². The maximum atomic E-state index is 12.9. The van der Waals surface area contributed by atoms with Crippen LogP contribution in [-0.4, -0.2) is 74.6 Å². The first-order chi connectivity index (χ1) is 17.5. The van der Waals surface area contributed by atoms with Crippen molar-refractivity contribution in [1.82, 2.24) is 15.1 Å². The summed E-state index contributed by atoms with van der Waals surface area (Å²) in [6, 6.07) is 16.1. The molecule has 8 heteroatoms. The predicted octanol–water partition coefficient (Wildman–Crippen LogP) is 3.14. The molecule has 2 aromatic carbocycles. The highest BCUT2D eigenvalue weighted by Crippen LogP contribution is 2.29. The van der Waals surface area contributed by atoms with Crippen LogP contribution in [0.5, 0.6) is 11.5 Å². The first-order valence-corrected chi connectivity index (χ1v) is 12.8. The molecule has 8 nitrogen and oxygen atoms in total. The molecule has 4 rings (SSSR count). The maximum absolute atomic E-state index is 12.9. The van der Waals surface area contributed by atoms with Gasteiger partial charge in [0.1, 0.15) is 11.5 Å². The van der Waals surface area contributed by atoms with E-state index in [2.05, 4.69) is 44.7 Å². The largest absolute Gasteiger partial charge is 0.497 e. The van der Waals surface area contributed by atoms with E-state index in [0.29, 0.717) is 23.7 Å². The quantitative estimate of drug-likeness (QED) is 0.557. The third-order valence-corrected chi connectivity index (χ3v) is 7.19. The summed E-state index contributed by atoms with van der Waals surface area (Å²) < 4.78 is 10.6. The molecule has 194 valence electrons. The van der Waals surface area contributed by atoms with E-state index in [1.165, 1.54) is 5.56 Å². The monoisotopic (exact) mass is 494 g/mol. The van der Waals surface area contributed by atoms with Crippen molar-refractivity contribution < 1.29 is 19.1 Å². The van der Waals surface area contributed by atoms with Crippen molar-refractivity contribution in [1.29, 1.82) is 0 Å². The average Bonchev–Trinajstić information content (AvgIpc) is 2.91. The van der Waals surface area contributed by atoms with Gasteiger partial charge in [0.15, 0.2) is 0 Å². The van der Waals surface area contributed by atoms with Crippen molar-refractivity contribution in [2.75, 3.05) is 52.3 Å². The van der Waals surface area contributed by atoms with Gasteiger partial charge >= 0.3 is 0 Å². The van der Waals surface area contributed by atoms with Gasteiger partial charge in [0.05, 0.1) is 26.5 Å². The highest BCUT2D eigenvalue weighted by atomic mass is 16.5. The second-order valence-electron chi connectivity index (χ2n) is 9.71. The standard InChI is InChI=1S/C28H38N4O4/c1-35-24-8-9-25(26(18-24)36-2)30-27(33)20-32-14-10-22(11-15-32)28(34)29-23-12-16-31(17-13-23)19-21-6-4-3-5-7-21/h3-9,18,22-23H,10-17,19-20H2,1-2H3,(H,29,34)(H,30,33). The highest BCUT2D eigenvalue weighted by Gasteiger charge is 2.28. The second-order valence-corrected chi connectivity index (χ2v) is 9.71. The Hall–Kier alpha value is -3.10. The minimum Gasteiger partial charge on any atom is -0.497 e. The number of carbonyl (C=O) groups is 2. The summed E-state index contributed by atoms with van der Waals surface area (Å²) in [5.41, 5.74) is 1.95. The van der Waals surface area contributed by atoms with Crippen molar-refractivity contribution in [3.05, 3.63) is 54.1 Å². The Morgan fingerprint density at radius 3 is 2.25 bits per heavy atom. The van der Waals surface area contributed by atoms with Crippen LogP contribution in [0, 0.1) is 5.92 Å². The van der Waals surface area contributed by atoms with E-state index in [1.54, 1.807) is 32.4 Å². The van der Waals surface area contributed by atoms with E-state index in [4.69, 9.17) is 9.47 Å². The second kappa shape index (κ2) is 12.7. The van der Waals surface area contributed by atoms with Crippen LogP contribution in [0.3, 0.4) is 0 Å². The number of hydrogen-bond acceptors (Lipinski definition) is 6. The molecule has 0 aromatic heterocycles. The lowest BCUT2D eigenvalue weighted by Crippen LogP contribution is -2.48. The third-order valence-electron chi connectivity index (χ3n) is 7.19. The number of carbonyl (C=O) groups excluding carboxylic acids is 2. The molecule has 0 spiro atoms. The first kappa shape index (κ1) is 26.0. The van der Waals surface area contributed by atoms with Gasteiger partial charge in [-0.3, -0.25) is 19.4 Å². The topological polar surface area (TPSA) is 83.1 Å². The van der Waals surface area contributed by atoms with Crippen molar-refractivity contribution in [3.8, 4) is 11.5 Å². The fraction of sp³-hybridized carbons (Fsp3) is 0.500. The summed E-state index contributed by atoms with van der Waals surface area (Å²) in [4.78, 5) is 30.1. The number of nitrogens with one attached hydrogen (secondary N) is 2. The molecule has 0 radical (unpaired) electrons. The molecule has 2 heterocycles. The Morgan fingerprint density at radius 2 is 1.58 bits per heavy atom. The van der Waals surface area contributed by atoms with Crippen molar-refractivity contribution in [3.63, 3.8) is 0 Å². The SMILES string of the molecule is COc1ccc(NC(=O)CN2CCC(C(=O)NC3CCN(Cc4ccccc4)CC3)CC2)c(OC)c1. The summed E-state index contributed by atoms with van der Waals surface area (Å²) in [5.74, 6) is 1.33. The summed E-state index contributed by atoms with van der Waals surface area (Å²) in [5, 5.41) is 6.22. The Morgan fingerprint density at radius 1 is 0.889 bits per heavy atom. The number of anilines is 1. The van der Waals surface area contributed by atoms with Crippen LogP contribution in [0.4, 0.5) is 5.69 Å². The Bertz CT molecular complexity index is 1000. The molecule has 0 atom stereocenters. The molecular weight excluding hydrogens is 456 g/mol. The van der Waals surface area contributed by atoms with Crippen LogP contribution < -0.4 is 20.1 Å². The zero-order valence-electron chi connectivity index (χ0n) is 21.4. The molecule has 2 amide bonds. The summed E-state index contributed by atoms with van der Waals surface area (Å²) >= 11 is 0. The Kier molecular flexibility index (Phi) is 9.19. The van der Waals surface area contributed by atoms with Crippen LogP contribution in [0.2, 0.25) is 0 Å². The van der Waals surface area contributed by atoms with Crippen LogP contribution >= 0.6 is 0 Å². The van der Waals surface area contributed by atoms with Gasteiger partial charge in [-0.15, -0.1) is 0 Å². The van der Waals surface area contributed by atoms with Gasteiger partial charge in [0.2, 0.25) is 11.8 Å². The Balaban J connectivity index is 1.15. The van der Waals surface area contributed by atoms with Crippen LogP contribution in [-0.2, 0) is 16.1 Å². The molecule has 0 unspecified atom stereocenters. The molecule has 2 aromatic rings. The van der Waals surface area contributed by atoms with E-state index in [-0.39, 0.29) is 23.8 Å². The van der Waals surface area contributed by atoms with Crippen LogP contribution in [0.25, 0.3) is 0 Å². The smallest absolute Gasteiger partial charge is 0.238 e. The highest BCUT2D eigenvalue weighted by molar-refractivity contribution is 5.93. The predicted molar refractivity (Wildman–Crippen MR) is 140 cm³/mol. The molecule has 2 fully saturated rings. The fourth-order valence-electron chi connectivity index (χ4n) is 5.04. The van der Waals surface area contributed by atoms with Crippen molar-refractivity contribution >= 4 is 17.5 Å². The lowest BCUT2D eigenvalue weighted by molar-refractivity contribution is -0.127. The Labute approximate surface area is 213 Å². The van der Waals surface area contributed by atoms with Crippen LogP contribution in [0.15, 0.2) is 48.5 Å². The number of rotatable bonds is 9. The normalized spacial score (nSPS) is 17.9.